The van der Waals surface area contributed by atoms with Crippen molar-refractivity contribution < 1.29 is 14.3 Å². The number of hydrogen-bond acceptors (Lipinski definition) is 6. The van der Waals surface area contributed by atoms with Gasteiger partial charge in [-0.05, 0) is 17.7 Å². The van der Waals surface area contributed by atoms with E-state index in [1.165, 1.54) is 18.9 Å². The zero-order chi connectivity index (χ0) is 16.5. The third-order valence-electron chi connectivity index (χ3n) is 3.36. The Balaban J connectivity index is 0.00000288. The molecule has 1 aliphatic heterocycles. The lowest BCUT2D eigenvalue weighted by Crippen LogP contribution is -2.39. The maximum atomic E-state index is 12.1. The molecular weight excluding hydrogens is 368 g/mol. The van der Waals surface area contributed by atoms with E-state index in [0.29, 0.717) is 17.9 Å². The topological polar surface area (TPSA) is 67.4 Å². The summed E-state index contributed by atoms with van der Waals surface area (Å²) in [5.74, 6) is 2.94. The molecule has 1 unspecified atom stereocenters. The molecule has 0 spiro atoms. The summed E-state index contributed by atoms with van der Waals surface area (Å²) in [6.45, 7) is 0.968. The first kappa shape index (κ1) is 21.2. The number of amides is 1. The Morgan fingerprint density at radius 2 is 2.29 bits per heavy atom. The lowest BCUT2D eigenvalue weighted by molar-refractivity contribution is -0.137. The van der Waals surface area contributed by atoms with Gasteiger partial charge in [-0.25, -0.2) is 0 Å². The molecule has 8 heteroatoms. The van der Waals surface area contributed by atoms with Gasteiger partial charge >= 0.3 is 5.97 Å². The first-order valence-electron chi connectivity index (χ1n) is 7.52. The van der Waals surface area contributed by atoms with E-state index in [1.54, 1.807) is 0 Å². The van der Waals surface area contributed by atoms with Gasteiger partial charge in [-0.3, -0.25) is 9.59 Å². The summed E-state index contributed by atoms with van der Waals surface area (Å²) in [5.41, 5.74) is 1.87. The van der Waals surface area contributed by atoms with Gasteiger partial charge in [-0.15, -0.1) is 24.2 Å². The van der Waals surface area contributed by atoms with Gasteiger partial charge in [0.25, 0.3) is 0 Å². The maximum absolute atomic E-state index is 12.1. The highest BCUT2D eigenvalue weighted by Gasteiger charge is 2.16. The molecule has 1 fully saturated rings. The van der Waals surface area contributed by atoms with E-state index in [-0.39, 0.29) is 30.3 Å². The Labute approximate surface area is 157 Å². The molecule has 24 heavy (non-hydrogen) atoms. The minimum absolute atomic E-state index is 0. The number of thioether (sulfide) groups is 2. The van der Waals surface area contributed by atoms with Crippen LogP contribution in [0.25, 0.3) is 0 Å². The first-order chi connectivity index (χ1) is 11.2. The van der Waals surface area contributed by atoms with Gasteiger partial charge in [0.05, 0.1) is 12.9 Å². The molecular formula is C16H23ClN2O3S2. The number of benzene rings is 1. The fraction of sp³-hybridized carbons (Fsp3) is 0.500. The molecule has 1 atom stereocenters. The number of nitrogens with one attached hydrogen (secondary N) is 2. The Morgan fingerprint density at radius 3 is 3.00 bits per heavy atom. The molecule has 134 valence electrons. The number of esters is 1. The lowest BCUT2D eigenvalue weighted by Gasteiger charge is -2.22. The molecule has 1 aliphatic rings. The van der Waals surface area contributed by atoms with Crippen molar-refractivity contribution in [1.29, 1.82) is 0 Å². The van der Waals surface area contributed by atoms with Crippen LogP contribution in [0.4, 0.5) is 5.69 Å². The average Bonchev–Trinajstić information content (AvgIpc) is 2.56. The zero-order valence-electron chi connectivity index (χ0n) is 13.6. The Morgan fingerprint density at radius 1 is 1.46 bits per heavy atom. The molecule has 1 aromatic rings. The number of carbonyl (C=O) groups excluding carboxylic acids is 2. The third kappa shape index (κ3) is 7.79. The molecule has 1 aromatic carbocycles. The fourth-order valence-corrected chi connectivity index (χ4v) is 3.99. The third-order valence-corrected chi connectivity index (χ3v) is 5.47. The normalized spacial score (nSPS) is 16.8. The first-order valence-corrected chi connectivity index (χ1v) is 9.83. The van der Waals surface area contributed by atoms with Crippen molar-refractivity contribution >= 4 is 53.5 Å². The van der Waals surface area contributed by atoms with E-state index in [2.05, 4.69) is 15.4 Å². The van der Waals surface area contributed by atoms with Crippen LogP contribution in [0.15, 0.2) is 24.3 Å². The number of hydrogen-bond donors (Lipinski definition) is 2. The van der Waals surface area contributed by atoms with Crippen LogP contribution in [0, 0.1) is 0 Å². The second kappa shape index (κ2) is 11.6. The van der Waals surface area contributed by atoms with E-state index < -0.39 is 0 Å². The molecule has 5 nitrogen and oxygen atoms in total. The zero-order valence-corrected chi connectivity index (χ0v) is 16.0. The van der Waals surface area contributed by atoms with Crippen LogP contribution >= 0.6 is 35.9 Å². The van der Waals surface area contributed by atoms with Gasteiger partial charge in [0.15, 0.2) is 0 Å². The maximum Gasteiger partial charge on any atom is 0.315 e. The van der Waals surface area contributed by atoms with E-state index >= 15 is 0 Å². The van der Waals surface area contributed by atoms with Crippen molar-refractivity contribution in [3.63, 3.8) is 0 Å². The molecule has 0 aliphatic carbocycles. The SMILES string of the molecule is COC(=O)CSCc1cccc(NC(=O)CC2CSCCN2)c1.Cl. The smallest absolute Gasteiger partial charge is 0.315 e. The monoisotopic (exact) mass is 390 g/mol. The minimum atomic E-state index is -0.225. The number of rotatable bonds is 7. The van der Waals surface area contributed by atoms with E-state index in [4.69, 9.17) is 0 Å². The number of carbonyl (C=O) groups is 2. The Kier molecular flexibility index (Phi) is 10.2. The Hall–Kier alpha value is -0.890. The summed E-state index contributed by atoms with van der Waals surface area (Å²) in [6, 6.07) is 7.99. The van der Waals surface area contributed by atoms with Crippen molar-refractivity contribution in [2.75, 3.05) is 36.2 Å². The van der Waals surface area contributed by atoms with E-state index in [0.717, 1.165) is 29.3 Å². The molecule has 1 heterocycles. The molecule has 0 aromatic heterocycles. The van der Waals surface area contributed by atoms with Gasteiger partial charge in [0.2, 0.25) is 5.91 Å². The van der Waals surface area contributed by atoms with Crippen LogP contribution in [-0.2, 0) is 20.1 Å². The van der Waals surface area contributed by atoms with Gasteiger partial charge in [0, 0.05) is 42.0 Å². The van der Waals surface area contributed by atoms with Crippen LogP contribution < -0.4 is 10.6 Å². The van der Waals surface area contributed by atoms with Crippen LogP contribution in [0.1, 0.15) is 12.0 Å². The van der Waals surface area contributed by atoms with Crippen molar-refractivity contribution in [2.45, 2.75) is 18.2 Å². The summed E-state index contributed by atoms with van der Waals surface area (Å²) in [7, 11) is 1.39. The number of halogens is 1. The highest BCUT2D eigenvalue weighted by Crippen LogP contribution is 2.17. The van der Waals surface area contributed by atoms with Crippen molar-refractivity contribution in [3.8, 4) is 0 Å². The predicted octanol–water partition coefficient (Wildman–Crippen LogP) is 2.55. The number of methoxy groups -OCH3 is 1. The van der Waals surface area contributed by atoms with Crippen molar-refractivity contribution in [2.24, 2.45) is 0 Å². The fourth-order valence-electron chi connectivity index (χ4n) is 2.24. The second-order valence-electron chi connectivity index (χ2n) is 5.25. The van der Waals surface area contributed by atoms with E-state index in [9.17, 15) is 9.59 Å². The summed E-state index contributed by atoms with van der Waals surface area (Å²) < 4.78 is 4.61. The molecule has 2 rings (SSSR count). The quantitative estimate of drug-likeness (QED) is 0.697. The predicted molar refractivity (Wildman–Crippen MR) is 104 cm³/mol. The number of anilines is 1. The van der Waals surface area contributed by atoms with Crippen LogP contribution in [0.2, 0.25) is 0 Å². The summed E-state index contributed by atoms with van der Waals surface area (Å²) in [4.78, 5) is 23.2. The molecule has 0 bridgehead atoms. The molecule has 0 saturated carbocycles. The summed E-state index contributed by atoms with van der Waals surface area (Å²) in [5, 5.41) is 6.31. The number of ether oxygens (including phenoxy) is 1. The average molecular weight is 391 g/mol. The van der Waals surface area contributed by atoms with Crippen molar-refractivity contribution in [1.82, 2.24) is 5.32 Å². The van der Waals surface area contributed by atoms with E-state index in [1.807, 2.05) is 36.0 Å². The highest BCUT2D eigenvalue weighted by molar-refractivity contribution is 7.99. The lowest BCUT2D eigenvalue weighted by atomic mass is 10.2. The van der Waals surface area contributed by atoms with Crippen molar-refractivity contribution in [3.05, 3.63) is 29.8 Å². The minimum Gasteiger partial charge on any atom is -0.468 e. The largest absolute Gasteiger partial charge is 0.468 e. The molecule has 2 N–H and O–H groups in total. The molecule has 0 radical (unpaired) electrons. The van der Waals surface area contributed by atoms with Crippen LogP contribution in [0.5, 0.6) is 0 Å². The summed E-state index contributed by atoms with van der Waals surface area (Å²) >= 11 is 3.38. The highest BCUT2D eigenvalue weighted by atomic mass is 35.5. The molecule has 1 amide bonds. The summed E-state index contributed by atoms with van der Waals surface area (Å²) in [6.07, 6.45) is 0.494. The second-order valence-corrected chi connectivity index (χ2v) is 7.38. The standard InChI is InChI=1S/C16H22N2O3S2.ClH/c1-21-16(20)11-23-9-12-3-2-4-13(7-12)18-15(19)8-14-10-22-6-5-17-14;/h2-4,7,14,17H,5-6,8-11H2,1H3,(H,18,19);1H. The van der Waals surface area contributed by atoms with Gasteiger partial charge < -0.3 is 15.4 Å². The van der Waals surface area contributed by atoms with Gasteiger partial charge in [-0.1, -0.05) is 12.1 Å². The van der Waals surface area contributed by atoms with Crippen LogP contribution in [-0.4, -0.2) is 48.8 Å². The Bertz CT molecular complexity index is 540. The van der Waals surface area contributed by atoms with Gasteiger partial charge in [0.1, 0.15) is 0 Å². The molecule has 1 saturated heterocycles. The van der Waals surface area contributed by atoms with Crippen LogP contribution in [0.3, 0.4) is 0 Å². The van der Waals surface area contributed by atoms with Gasteiger partial charge in [-0.2, -0.15) is 11.8 Å².